The lowest BCUT2D eigenvalue weighted by molar-refractivity contribution is 0.173. The monoisotopic (exact) mass is 270 g/mol. The normalized spacial score (nSPS) is 14.0. The van der Waals surface area contributed by atoms with Gasteiger partial charge < -0.3 is 10.2 Å². The predicted molar refractivity (Wildman–Crippen MR) is 82.4 cm³/mol. The summed E-state index contributed by atoms with van der Waals surface area (Å²) in [4.78, 5) is 0. The van der Waals surface area contributed by atoms with Crippen molar-refractivity contribution in [3.8, 4) is 11.1 Å². The first-order valence-corrected chi connectivity index (χ1v) is 7.22. The molecule has 2 heteroatoms. The zero-order chi connectivity index (χ0) is 14.5. The Balaban J connectivity index is 2.19. The van der Waals surface area contributed by atoms with Crippen LogP contribution in [0.25, 0.3) is 11.1 Å². The highest BCUT2D eigenvalue weighted by molar-refractivity contribution is 5.64. The first-order chi connectivity index (χ1) is 9.65. The molecule has 106 valence electrons. The molecule has 2 rings (SSSR count). The van der Waals surface area contributed by atoms with Crippen molar-refractivity contribution in [3.05, 3.63) is 59.7 Å². The van der Waals surface area contributed by atoms with Gasteiger partial charge in [-0.1, -0.05) is 62.4 Å². The fourth-order valence-corrected chi connectivity index (χ4v) is 2.27. The Hall–Kier alpha value is -1.64. The largest absolute Gasteiger partial charge is 0.388 e. The minimum Gasteiger partial charge on any atom is -0.388 e. The summed E-state index contributed by atoms with van der Waals surface area (Å²) in [5.74, 6) is 0. The molecule has 0 amide bonds. The zero-order valence-electron chi connectivity index (χ0n) is 12.1. The van der Waals surface area contributed by atoms with E-state index in [0.29, 0.717) is 0 Å². The van der Waals surface area contributed by atoms with Gasteiger partial charge in [-0.15, -0.1) is 0 Å². The highest BCUT2D eigenvalue weighted by Gasteiger charge is 2.07. The molecule has 0 fully saturated rings. The van der Waals surface area contributed by atoms with E-state index in [9.17, 15) is 10.2 Å². The third-order valence-corrected chi connectivity index (χ3v) is 3.70. The van der Waals surface area contributed by atoms with Gasteiger partial charge in [0.1, 0.15) is 0 Å². The molecule has 0 radical (unpaired) electrons. The van der Waals surface area contributed by atoms with E-state index in [0.717, 1.165) is 35.1 Å². The van der Waals surface area contributed by atoms with E-state index in [2.05, 4.69) is 0 Å². The van der Waals surface area contributed by atoms with Crippen LogP contribution in [0.5, 0.6) is 0 Å². The van der Waals surface area contributed by atoms with Gasteiger partial charge in [-0.2, -0.15) is 0 Å². The van der Waals surface area contributed by atoms with Crippen molar-refractivity contribution < 1.29 is 10.2 Å². The third-order valence-electron chi connectivity index (χ3n) is 3.70. The topological polar surface area (TPSA) is 40.5 Å². The number of aliphatic hydroxyl groups excluding tert-OH is 2. The first-order valence-electron chi connectivity index (χ1n) is 7.22. The van der Waals surface area contributed by atoms with Crippen molar-refractivity contribution in [1.82, 2.24) is 0 Å². The smallest absolute Gasteiger partial charge is 0.0787 e. The quantitative estimate of drug-likeness (QED) is 0.853. The lowest BCUT2D eigenvalue weighted by Crippen LogP contribution is -1.95. The molecule has 0 saturated carbocycles. The summed E-state index contributed by atoms with van der Waals surface area (Å²) in [7, 11) is 0. The SMILES string of the molecule is CCC(O)c1ccc(-c2ccc(C(O)CC)cc2)cc1. The van der Waals surface area contributed by atoms with Crippen LogP contribution in [0.4, 0.5) is 0 Å². The highest BCUT2D eigenvalue weighted by Crippen LogP contribution is 2.25. The lowest BCUT2D eigenvalue weighted by atomic mass is 9.99. The summed E-state index contributed by atoms with van der Waals surface area (Å²) >= 11 is 0. The Bertz CT molecular complexity index is 477. The molecule has 0 bridgehead atoms. The molecule has 0 aliphatic heterocycles. The van der Waals surface area contributed by atoms with Crippen molar-refractivity contribution in [3.63, 3.8) is 0 Å². The van der Waals surface area contributed by atoms with Gasteiger partial charge in [-0.25, -0.2) is 0 Å². The molecule has 2 nitrogen and oxygen atoms in total. The summed E-state index contributed by atoms with van der Waals surface area (Å²) in [5.41, 5.74) is 4.15. The predicted octanol–water partition coefficient (Wildman–Crippen LogP) is 4.24. The van der Waals surface area contributed by atoms with Crippen LogP contribution in [0, 0.1) is 0 Å². The number of rotatable bonds is 5. The first kappa shape index (κ1) is 14.8. The molecule has 2 unspecified atom stereocenters. The number of hydrogen-bond acceptors (Lipinski definition) is 2. The van der Waals surface area contributed by atoms with Crippen LogP contribution in [-0.2, 0) is 0 Å². The Labute approximate surface area is 120 Å². The van der Waals surface area contributed by atoms with Gasteiger partial charge in [0.25, 0.3) is 0 Å². The molecule has 0 heterocycles. The lowest BCUT2D eigenvalue weighted by Gasteiger charge is -2.11. The molecule has 0 aromatic heterocycles. The van der Waals surface area contributed by atoms with Crippen LogP contribution in [-0.4, -0.2) is 10.2 Å². The van der Waals surface area contributed by atoms with Gasteiger partial charge in [0.05, 0.1) is 12.2 Å². The molecule has 2 aromatic carbocycles. The average Bonchev–Trinajstić information content (AvgIpc) is 2.53. The fourth-order valence-electron chi connectivity index (χ4n) is 2.27. The van der Waals surface area contributed by atoms with Crippen molar-refractivity contribution in [2.75, 3.05) is 0 Å². The van der Waals surface area contributed by atoms with Gasteiger partial charge >= 0.3 is 0 Å². The maximum atomic E-state index is 9.79. The van der Waals surface area contributed by atoms with Crippen molar-refractivity contribution in [2.24, 2.45) is 0 Å². The third kappa shape index (κ3) is 3.27. The van der Waals surface area contributed by atoms with E-state index in [4.69, 9.17) is 0 Å². The molecule has 2 aromatic rings. The van der Waals surface area contributed by atoms with Crippen molar-refractivity contribution in [2.45, 2.75) is 38.9 Å². The van der Waals surface area contributed by atoms with Gasteiger partial charge in [0.15, 0.2) is 0 Å². The van der Waals surface area contributed by atoms with Gasteiger partial charge in [0, 0.05) is 0 Å². The van der Waals surface area contributed by atoms with Crippen LogP contribution >= 0.6 is 0 Å². The molecule has 20 heavy (non-hydrogen) atoms. The summed E-state index contributed by atoms with van der Waals surface area (Å²) in [6, 6.07) is 16.0. The van der Waals surface area contributed by atoms with Crippen LogP contribution in [0.2, 0.25) is 0 Å². The van der Waals surface area contributed by atoms with Crippen LogP contribution in [0.3, 0.4) is 0 Å². The van der Waals surface area contributed by atoms with Gasteiger partial charge in [0.2, 0.25) is 0 Å². The second kappa shape index (κ2) is 6.69. The molecule has 0 saturated heterocycles. The summed E-state index contributed by atoms with van der Waals surface area (Å²) in [5, 5.41) is 19.6. The number of hydrogen-bond donors (Lipinski definition) is 2. The van der Waals surface area contributed by atoms with E-state index >= 15 is 0 Å². The van der Waals surface area contributed by atoms with E-state index in [1.807, 2.05) is 62.4 Å². The second-order valence-electron chi connectivity index (χ2n) is 5.09. The summed E-state index contributed by atoms with van der Waals surface area (Å²) < 4.78 is 0. The second-order valence-corrected chi connectivity index (χ2v) is 5.09. The maximum absolute atomic E-state index is 9.79. The molecule has 0 aliphatic rings. The Morgan fingerprint density at radius 2 is 0.950 bits per heavy atom. The van der Waals surface area contributed by atoms with Crippen LogP contribution < -0.4 is 0 Å². The van der Waals surface area contributed by atoms with Gasteiger partial charge in [-0.05, 0) is 35.1 Å². The van der Waals surface area contributed by atoms with E-state index in [1.54, 1.807) is 0 Å². The van der Waals surface area contributed by atoms with E-state index in [1.165, 1.54) is 0 Å². The Morgan fingerprint density at radius 3 is 1.20 bits per heavy atom. The van der Waals surface area contributed by atoms with Crippen molar-refractivity contribution in [1.29, 1.82) is 0 Å². The molecular formula is C18H22O2. The minimum absolute atomic E-state index is 0.383. The standard InChI is InChI=1S/C18H22O2/c1-3-17(19)15-9-5-13(6-10-15)14-7-11-16(12-8-14)18(20)4-2/h5-12,17-20H,3-4H2,1-2H3. The average molecular weight is 270 g/mol. The fraction of sp³-hybridized carbons (Fsp3) is 0.333. The zero-order valence-corrected chi connectivity index (χ0v) is 12.1. The molecular weight excluding hydrogens is 248 g/mol. The summed E-state index contributed by atoms with van der Waals surface area (Å²) in [6.45, 7) is 3.94. The number of benzene rings is 2. The summed E-state index contributed by atoms with van der Waals surface area (Å²) in [6.07, 6.45) is 0.684. The van der Waals surface area contributed by atoms with E-state index < -0.39 is 0 Å². The number of aliphatic hydroxyl groups is 2. The Kier molecular flexibility index (Phi) is 4.94. The van der Waals surface area contributed by atoms with Crippen LogP contribution in [0.15, 0.2) is 48.5 Å². The van der Waals surface area contributed by atoms with Gasteiger partial charge in [-0.3, -0.25) is 0 Å². The molecule has 2 N–H and O–H groups in total. The van der Waals surface area contributed by atoms with Crippen LogP contribution in [0.1, 0.15) is 50.0 Å². The molecule has 2 atom stereocenters. The molecule has 0 aliphatic carbocycles. The minimum atomic E-state index is -0.383. The maximum Gasteiger partial charge on any atom is 0.0787 e. The Morgan fingerprint density at radius 1 is 0.650 bits per heavy atom. The molecule has 0 spiro atoms. The van der Waals surface area contributed by atoms with E-state index in [-0.39, 0.29) is 12.2 Å². The van der Waals surface area contributed by atoms with Crippen molar-refractivity contribution >= 4 is 0 Å². The highest BCUT2D eigenvalue weighted by atomic mass is 16.3.